The molecule has 1 aliphatic rings. The van der Waals surface area contributed by atoms with Crippen LogP contribution in [0, 0.1) is 0 Å². The summed E-state index contributed by atoms with van der Waals surface area (Å²) in [5, 5.41) is 6.77. The van der Waals surface area contributed by atoms with Crippen LogP contribution in [0.25, 0.3) is 0 Å². The van der Waals surface area contributed by atoms with Crippen molar-refractivity contribution >= 4 is 29.9 Å². The lowest BCUT2D eigenvalue weighted by molar-refractivity contribution is 0.0453. The second-order valence-electron chi connectivity index (χ2n) is 7.48. The fraction of sp³-hybridized carbons (Fsp3) is 0.480. The van der Waals surface area contributed by atoms with Crippen LogP contribution in [0.4, 0.5) is 0 Å². The van der Waals surface area contributed by atoms with Gasteiger partial charge in [-0.05, 0) is 48.6 Å². The Morgan fingerprint density at radius 3 is 2.69 bits per heavy atom. The summed E-state index contributed by atoms with van der Waals surface area (Å²) in [7, 11) is 0. The van der Waals surface area contributed by atoms with Crippen LogP contribution in [0.1, 0.15) is 36.1 Å². The van der Waals surface area contributed by atoms with Crippen LogP contribution in [-0.2, 0) is 35.5 Å². The van der Waals surface area contributed by atoms with Crippen molar-refractivity contribution in [2.24, 2.45) is 4.99 Å². The molecule has 0 radical (unpaired) electrons. The van der Waals surface area contributed by atoms with Gasteiger partial charge in [-0.1, -0.05) is 36.4 Å². The van der Waals surface area contributed by atoms with Crippen LogP contribution in [0.15, 0.2) is 47.5 Å². The Labute approximate surface area is 209 Å². The van der Waals surface area contributed by atoms with Gasteiger partial charge in [-0.2, -0.15) is 0 Å². The van der Waals surface area contributed by atoms with Crippen LogP contribution in [0.2, 0.25) is 0 Å². The number of guanidine groups is 1. The van der Waals surface area contributed by atoms with Crippen LogP contribution in [0.5, 0.6) is 5.75 Å². The van der Waals surface area contributed by atoms with Crippen molar-refractivity contribution in [3.8, 4) is 5.75 Å². The smallest absolute Gasteiger partial charge is 0.191 e. The zero-order chi connectivity index (χ0) is 21.7. The molecule has 0 spiro atoms. The van der Waals surface area contributed by atoms with Crippen LogP contribution in [0.3, 0.4) is 0 Å². The van der Waals surface area contributed by atoms with E-state index in [-0.39, 0.29) is 24.0 Å². The van der Waals surface area contributed by atoms with Crippen molar-refractivity contribution in [2.75, 3.05) is 39.5 Å². The van der Waals surface area contributed by atoms with E-state index in [1.54, 1.807) is 0 Å². The van der Waals surface area contributed by atoms with Gasteiger partial charge in [-0.15, -0.1) is 24.0 Å². The first kappa shape index (κ1) is 26.4. The standard InChI is InChI=1S/C25H35N3O3.HI/c1-3-26-25(27-12-10-20-8-9-24-23(17-20)11-13-31-24)28-18-21-6-5-7-22(16-21)19-30-15-14-29-4-2;/h5-9,16-17H,3-4,10-15,18-19H2,1-2H3,(H2,26,27,28);1H. The van der Waals surface area contributed by atoms with Gasteiger partial charge >= 0.3 is 0 Å². The molecule has 32 heavy (non-hydrogen) atoms. The topological polar surface area (TPSA) is 64.1 Å². The fourth-order valence-electron chi connectivity index (χ4n) is 3.50. The highest BCUT2D eigenvalue weighted by molar-refractivity contribution is 14.0. The summed E-state index contributed by atoms with van der Waals surface area (Å²) in [5.74, 6) is 1.87. The molecule has 2 aromatic rings. The predicted molar refractivity (Wildman–Crippen MR) is 140 cm³/mol. The third-order valence-corrected chi connectivity index (χ3v) is 5.06. The molecule has 0 bridgehead atoms. The first-order valence-corrected chi connectivity index (χ1v) is 11.3. The molecule has 0 aliphatic carbocycles. The number of hydrogen-bond acceptors (Lipinski definition) is 4. The lowest BCUT2D eigenvalue weighted by Crippen LogP contribution is -2.38. The van der Waals surface area contributed by atoms with E-state index >= 15 is 0 Å². The highest BCUT2D eigenvalue weighted by atomic mass is 127. The molecule has 1 aliphatic heterocycles. The van der Waals surface area contributed by atoms with Crippen molar-refractivity contribution in [2.45, 2.75) is 39.8 Å². The number of aliphatic imine (C=N–C) groups is 1. The highest BCUT2D eigenvalue weighted by Gasteiger charge is 2.11. The fourth-order valence-corrected chi connectivity index (χ4v) is 3.50. The van der Waals surface area contributed by atoms with Crippen molar-refractivity contribution in [3.63, 3.8) is 0 Å². The molecule has 2 aromatic carbocycles. The van der Waals surface area contributed by atoms with Gasteiger partial charge < -0.3 is 24.8 Å². The summed E-state index contributed by atoms with van der Waals surface area (Å²) in [6.07, 6.45) is 1.96. The maximum atomic E-state index is 5.67. The normalized spacial score (nSPS) is 12.6. The zero-order valence-corrected chi connectivity index (χ0v) is 21.5. The van der Waals surface area contributed by atoms with E-state index in [1.165, 1.54) is 16.7 Å². The number of fused-ring (bicyclic) bond motifs is 1. The Bertz CT molecular complexity index is 845. The number of rotatable bonds is 12. The van der Waals surface area contributed by atoms with E-state index in [9.17, 15) is 0 Å². The summed E-state index contributed by atoms with van der Waals surface area (Å²) < 4.78 is 16.6. The van der Waals surface area contributed by atoms with Crippen LogP contribution < -0.4 is 15.4 Å². The van der Waals surface area contributed by atoms with Crippen LogP contribution in [-0.4, -0.2) is 45.5 Å². The quantitative estimate of drug-likeness (QED) is 0.180. The van der Waals surface area contributed by atoms with Crippen molar-refractivity contribution in [1.29, 1.82) is 0 Å². The maximum absolute atomic E-state index is 5.67. The molecule has 0 amide bonds. The van der Waals surface area contributed by atoms with E-state index in [1.807, 2.05) is 6.92 Å². The molecule has 0 atom stereocenters. The van der Waals surface area contributed by atoms with Gasteiger partial charge in [0.1, 0.15) is 5.75 Å². The number of hydrogen-bond donors (Lipinski definition) is 2. The molecule has 7 heteroatoms. The molecule has 2 N–H and O–H groups in total. The second-order valence-corrected chi connectivity index (χ2v) is 7.48. The Kier molecular flexibility index (Phi) is 12.4. The molecule has 3 rings (SSSR count). The molecule has 6 nitrogen and oxygen atoms in total. The lowest BCUT2D eigenvalue weighted by Gasteiger charge is -2.12. The molecule has 0 unspecified atom stereocenters. The maximum Gasteiger partial charge on any atom is 0.191 e. The van der Waals surface area contributed by atoms with Gasteiger partial charge in [0, 0.05) is 26.1 Å². The minimum atomic E-state index is 0. The van der Waals surface area contributed by atoms with Gasteiger partial charge in [-0.3, -0.25) is 0 Å². The average Bonchev–Trinajstić information content (AvgIpc) is 3.26. The van der Waals surface area contributed by atoms with E-state index in [0.717, 1.165) is 56.4 Å². The Morgan fingerprint density at radius 2 is 1.84 bits per heavy atom. The zero-order valence-electron chi connectivity index (χ0n) is 19.2. The van der Waals surface area contributed by atoms with Crippen LogP contribution >= 0.6 is 24.0 Å². The highest BCUT2D eigenvalue weighted by Crippen LogP contribution is 2.25. The van der Waals surface area contributed by atoms with E-state index in [4.69, 9.17) is 19.2 Å². The summed E-state index contributed by atoms with van der Waals surface area (Å²) in [4.78, 5) is 4.75. The molecule has 0 saturated heterocycles. The predicted octanol–water partition coefficient (Wildman–Crippen LogP) is 4.09. The van der Waals surface area contributed by atoms with Crippen molar-refractivity contribution in [3.05, 3.63) is 64.7 Å². The molecule has 1 heterocycles. The van der Waals surface area contributed by atoms with Crippen molar-refractivity contribution in [1.82, 2.24) is 10.6 Å². The average molecular weight is 553 g/mol. The van der Waals surface area contributed by atoms with Gasteiger partial charge in [0.25, 0.3) is 0 Å². The molecule has 0 fully saturated rings. The molecular weight excluding hydrogens is 517 g/mol. The van der Waals surface area contributed by atoms with Crippen molar-refractivity contribution < 1.29 is 14.2 Å². The summed E-state index contributed by atoms with van der Waals surface area (Å²) in [6, 6.07) is 14.9. The molecule has 0 saturated carbocycles. The second kappa shape index (κ2) is 15.1. The first-order chi connectivity index (χ1) is 15.3. The third kappa shape index (κ3) is 8.96. The third-order valence-electron chi connectivity index (χ3n) is 5.06. The molecule has 0 aromatic heterocycles. The Balaban J connectivity index is 0.00000363. The first-order valence-electron chi connectivity index (χ1n) is 11.3. The minimum absolute atomic E-state index is 0. The summed E-state index contributed by atoms with van der Waals surface area (Å²) >= 11 is 0. The number of benzene rings is 2. The Morgan fingerprint density at radius 1 is 1.00 bits per heavy atom. The van der Waals surface area contributed by atoms with Gasteiger partial charge in [0.15, 0.2) is 5.96 Å². The molecule has 176 valence electrons. The number of nitrogens with one attached hydrogen (secondary N) is 2. The lowest BCUT2D eigenvalue weighted by atomic mass is 10.1. The summed E-state index contributed by atoms with van der Waals surface area (Å²) in [5.41, 5.74) is 4.97. The number of ether oxygens (including phenoxy) is 3. The summed E-state index contributed by atoms with van der Waals surface area (Å²) in [6.45, 7) is 9.72. The largest absolute Gasteiger partial charge is 0.493 e. The van der Waals surface area contributed by atoms with E-state index in [2.05, 4.69) is 60.0 Å². The van der Waals surface area contributed by atoms with E-state index < -0.39 is 0 Å². The monoisotopic (exact) mass is 553 g/mol. The van der Waals surface area contributed by atoms with Gasteiger partial charge in [0.2, 0.25) is 0 Å². The van der Waals surface area contributed by atoms with Gasteiger partial charge in [-0.25, -0.2) is 4.99 Å². The SMILES string of the molecule is CCNC(=NCc1cccc(COCCOCC)c1)NCCc1ccc2c(c1)CCO2.I. The molecular formula is C25H36IN3O3. The Hall–Kier alpha value is -1.84. The number of nitrogens with zero attached hydrogens (tertiary/aromatic N) is 1. The number of halogens is 1. The van der Waals surface area contributed by atoms with E-state index in [0.29, 0.717) is 26.4 Å². The minimum Gasteiger partial charge on any atom is -0.493 e. The van der Waals surface area contributed by atoms with Gasteiger partial charge in [0.05, 0.1) is 33.0 Å².